The Morgan fingerprint density at radius 2 is 1.86 bits per heavy atom. The summed E-state index contributed by atoms with van der Waals surface area (Å²) in [6, 6.07) is 12.5. The summed E-state index contributed by atoms with van der Waals surface area (Å²) in [7, 11) is 0. The van der Waals surface area contributed by atoms with Gasteiger partial charge in [0.25, 0.3) is 0 Å². The Morgan fingerprint density at radius 1 is 1.18 bits per heavy atom. The number of nitrogens with zero attached hydrogens (tertiary/aromatic N) is 2. The minimum absolute atomic E-state index is 0.0591. The van der Waals surface area contributed by atoms with Crippen LogP contribution in [0.4, 0.5) is 11.4 Å². The van der Waals surface area contributed by atoms with Gasteiger partial charge in [-0.05, 0) is 38.8 Å². The molecule has 4 heteroatoms. The Kier molecular flexibility index (Phi) is 5.26. The number of rotatable bonds is 6. The molecule has 0 aliphatic rings. The van der Waals surface area contributed by atoms with Gasteiger partial charge in [0.2, 0.25) is 5.88 Å². The van der Waals surface area contributed by atoms with E-state index in [0.717, 1.165) is 18.5 Å². The molecule has 0 spiro atoms. The molecular weight excluding hydrogens is 276 g/mol. The highest BCUT2D eigenvalue weighted by Gasteiger charge is 2.22. The largest absolute Gasteiger partial charge is 0.505 e. The summed E-state index contributed by atoms with van der Waals surface area (Å²) in [6.07, 6.45) is 2.68. The van der Waals surface area contributed by atoms with Gasteiger partial charge in [-0.15, -0.1) is 0 Å². The van der Waals surface area contributed by atoms with Gasteiger partial charge < -0.3 is 15.1 Å². The number of aromatic nitrogens is 1. The van der Waals surface area contributed by atoms with Crippen molar-refractivity contribution in [1.82, 2.24) is 4.98 Å². The highest BCUT2D eigenvalue weighted by molar-refractivity contribution is 5.72. The summed E-state index contributed by atoms with van der Waals surface area (Å²) < 4.78 is 0. The first kappa shape index (κ1) is 16.1. The number of unbranched alkanes of at least 4 members (excludes halogenated alkanes) is 1. The Morgan fingerprint density at radius 3 is 2.45 bits per heavy atom. The molecule has 2 rings (SSSR count). The molecule has 0 aliphatic carbocycles. The highest BCUT2D eigenvalue weighted by Crippen LogP contribution is 2.39. The SMILES string of the molecule is CCCCc1nc(O)[c]c(O)c1N(c1ccccc1)C(C)C. The van der Waals surface area contributed by atoms with Crippen LogP contribution in [-0.2, 0) is 6.42 Å². The van der Waals surface area contributed by atoms with Crippen LogP contribution in [0.5, 0.6) is 11.6 Å². The van der Waals surface area contributed by atoms with E-state index in [2.05, 4.69) is 31.8 Å². The molecule has 1 radical (unpaired) electrons. The molecule has 2 aromatic rings. The fourth-order valence-corrected chi connectivity index (χ4v) is 2.56. The van der Waals surface area contributed by atoms with Gasteiger partial charge in [-0.3, -0.25) is 0 Å². The second-order valence-electron chi connectivity index (χ2n) is 5.61. The van der Waals surface area contributed by atoms with Crippen LogP contribution in [0.2, 0.25) is 0 Å². The van der Waals surface area contributed by atoms with Crippen molar-refractivity contribution in [2.75, 3.05) is 4.90 Å². The van der Waals surface area contributed by atoms with Crippen molar-refractivity contribution in [3.8, 4) is 11.6 Å². The van der Waals surface area contributed by atoms with Crippen LogP contribution in [-0.4, -0.2) is 21.2 Å². The standard InChI is InChI=1S/C18H23N2O2/c1-4-5-11-15-18(16(21)12-17(22)19-15)20(13(2)3)14-9-7-6-8-10-14/h6-10,13H,4-5,11H2,1-3H3,(H2,19,21,22). The number of benzene rings is 1. The van der Waals surface area contributed by atoms with Crippen molar-refractivity contribution in [3.05, 3.63) is 42.1 Å². The first-order valence-corrected chi connectivity index (χ1v) is 7.73. The molecule has 4 nitrogen and oxygen atoms in total. The quantitative estimate of drug-likeness (QED) is 0.840. The van der Waals surface area contributed by atoms with Gasteiger partial charge in [0.1, 0.15) is 5.69 Å². The van der Waals surface area contributed by atoms with Gasteiger partial charge in [0.15, 0.2) is 5.75 Å². The molecular formula is C18H23N2O2. The maximum atomic E-state index is 10.4. The Labute approximate surface area is 132 Å². The molecule has 0 unspecified atom stereocenters. The van der Waals surface area contributed by atoms with Gasteiger partial charge in [0.05, 0.1) is 11.8 Å². The zero-order valence-corrected chi connectivity index (χ0v) is 13.4. The van der Waals surface area contributed by atoms with Crippen LogP contribution < -0.4 is 4.90 Å². The summed E-state index contributed by atoms with van der Waals surface area (Å²) in [4.78, 5) is 6.23. The molecule has 2 N–H and O–H groups in total. The van der Waals surface area contributed by atoms with Crippen LogP contribution in [0.1, 0.15) is 39.3 Å². The molecule has 0 atom stereocenters. The molecule has 117 valence electrons. The molecule has 0 amide bonds. The van der Waals surface area contributed by atoms with E-state index in [-0.39, 0.29) is 17.7 Å². The van der Waals surface area contributed by atoms with Gasteiger partial charge >= 0.3 is 0 Å². The lowest BCUT2D eigenvalue weighted by Crippen LogP contribution is -2.27. The Bertz CT molecular complexity index is 612. The maximum Gasteiger partial charge on any atom is 0.223 e. The lowest BCUT2D eigenvalue weighted by molar-refractivity contribution is 0.429. The van der Waals surface area contributed by atoms with E-state index in [9.17, 15) is 10.2 Å². The van der Waals surface area contributed by atoms with Crippen LogP contribution in [0.15, 0.2) is 30.3 Å². The predicted molar refractivity (Wildman–Crippen MR) is 88.7 cm³/mol. The average Bonchev–Trinajstić information content (AvgIpc) is 2.48. The van der Waals surface area contributed by atoms with Crippen LogP contribution in [0.25, 0.3) is 0 Å². The minimum atomic E-state index is -0.260. The fourth-order valence-electron chi connectivity index (χ4n) is 2.56. The van der Waals surface area contributed by atoms with Gasteiger partial charge in [-0.2, -0.15) is 0 Å². The smallest absolute Gasteiger partial charge is 0.223 e. The van der Waals surface area contributed by atoms with Gasteiger partial charge in [-0.25, -0.2) is 4.98 Å². The third-order valence-corrected chi connectivity index (χ3v) is 3.53. The topological polar surface area (TPSA) is 56.6 Å². The third kappa shape index (κ3) is 3.50. The molecule has 1 aromatic carbocycles. The molecule has 0 saturated heterocycles. The molecule has 0 fully saturated rings. The molecule has 22 heavy (non-hydrogen) atoms. The number of pyridine rings is 1. The van der Waals surface area contributed by atoms with E-state index in [0.29, 0.717) is 17.8 Å². The highest BCUT2D eigenvalue weighted by atomic mass is 16.3. The number of hydrogen-bond acceptors (Lipinski definition) is 4. The van der Waals surface area contributed by atoms with E-state index in [1.807, 2.05) is 35.2 Å². The second kappa shape index (κ2) is 7.16. The second-order valence-corrected chi connectivity index (χ2v) is 5.61. The van der Waals surface area contributed by atoms with Gasteiger partial charge in [-0.1, -0.05) is 31.5 Å². The Balaban J connectivity index is 2.56. The maximum absolute atomic E-state index is 10.4. The fraction of sp³-hybridized carbons (Fsp3) is 0.389. The van der Waals surface area contributed by atoms with Crippen LogP contribution in [0, 0.1) is 6.07 Å². The summed E-state index contributed by atoms with van der Waals surface area (Å²) >= 11 is 0. The molecule has 0 bridgehead atoms. The van der Waals surface area contributed by atoms with Crippen molar-refractivity contribution < 1.29 is 10.2 Å². The normalized spacial score (nSPS) is 10.9. The van der Waals surface area contributed by atoms with E-state index in [1.54, 1.807) is 0 Å². The van der Waals surface area contributed by atoms with Crippen LogP contribution in [0.3, 0.4) is 0 Å². The van der Waals surface area contributed by atoms with Crippen molar-refractivity contribution in [3.63, 3.8) is 0 Å². The zero-order chi connectivity index (χ0) is 16.1. The number of aryl methyl sites for hydroxylation is 1. The van der Waals surface area contributed by atoms with Crippen molar-refractivity contribution >= 4 is 11.4 Å². The number of para-hydroxylation sites is 1. The minimum Gasteiger partial charge on any atom is -0.505 e. The summed E-state index contributed by atoms with van der Waals surface area (Å²) in [6.45, 7) is 6.22. The lowest BCUT2D eigenvalue weighted by atomic mass is 10.1. The monoisotopic (exact) mass is 299 g/mol. The third-order valence-electron chi connectivity index (χ3n) is 3.53. The molecule has 1 heterocycles. The van der Waals surface area contributed by atoms with Crippen molar-refractivity contribution in [2.24, 2.45) is 0 Å². The predicted octanol–water partition coefficient (Wildman–Crippen LogP) is 4.18. The molecule has 0 aliphatic heterocycles. The number of hydrogen-bond donors (Lipinski definition) is 2. The number of anilines is 2. The molecule has 0 saturated carbocycles. The summed E-state index contributed by atoms with van der Waals surface area (Å²) in [5.41, 5.74) is 2.31. The number of aromatic hydroxyl groups is 2. The molecule has 1 aromatic heterocycles. The van der Waals surface area contributed by atoms with Crippen molar-refractivity contribution in [2.45, 2.75) is 46.1 Å². The first-order chi connectivity index (χ1) is 10.5. The van der Waals surface area contributed by atoms with Gasteiger partial charge in [0, 0.05) is 11.7 Å². The first-order valence-electron chi connectivity index (χ1n) is 7.73. The van der Waals surface area contributed by atoms with Crippen LogP contribution >= 0.6 is 0 Å². The lowest BCUT2D eigenvalue weighted by Gasteiger charge is -2.31. The Hall–Kier alpha value is -2.23. The van der Waals surface area contributed by atoms with E-state index < -0.39 is 0 Å². The van der Waals surface area contributed by atoms with E-state index >= 15 is 0 Å². The summed E-state index contributed by atoms with van der Waals surface area (Å²) in [5, 5.41) is 20.0. The van der Waals surface area contributed by atoms with E-state index in [4.69, 9.17) is 0 Å². The van der Waals surface area contributed by atoms with E-state index in [1.165, 1.54) is 0 Å². The summed E-state index contributed by atoms with van der Waals surface area (Å²) in [5.74, 6) is -0.319. The zero-order valence-electron chi connectivity index (χ0n) is 13.4. The average molecular weight is 299 g/mol. The van der Waals surface area contributed by atoms with Crippen molar-refractivity contribution in [1.29, 1.82) is 0 Å².